The standard InChI is InChI=1S/C23H24ClN5O6S2/c1-32-15-8-6-9-16(33-2)21(15)29-19(27-28-22(29)14-7-5-10-20(26-14)35-4)13-37(30,31)12-17(34-3)23-25-11-18(24)36-23/h5-11,17H,12-13H2,1-4H3/t17-/m0/s1. The van der Waals surface area contributed by atoms with Gasteiger partial charge in [0.1, 0.15) is 44.1 Å². The Morgan fingerprint density at radius 3 is 2.30 bits per heavy atom. The number of nitrogens with zero attached hydrogens (tertiary/aromatic N) is 5. The van der Waals surface area contributed by atoms with Crippen LogP contribution in [0.25, 0.3) is 17.2 Å². The average molecular weight is 566 g/mol. The van der Waals surface area contributed by atoms with E-state index in [1.165, 1.54) is 34.6 Å². The van der Waals surface area contributed by atoms with Gasteiger partial charge in [0.2, 0.25) is 5.88 Å². The lowest BCUT2D eigenvalue weighted by atomic mass is 10.2. The van der Waals surface area contributed by atoms with E-state index in [-0.39, 0.29) is 17.4 Å². The third kappa shape index (κ3) is 5.85. The topological polar surface area (TPSA) is 128 Å². The summed E-state index contributed by atoms with van der Waals surface area (Å²) in [5.41, 5.74) is 0.841. The van der Waals surface area contributed by atoms with E-state index in [4.69, 9.17) is 30.5 Å². The maximum absolute atomic E-state index is 13.4. The highest BCUT2D eigenvalue weighted by molar-refractivity contribution is 7.90. The van der Waals surface area contributed by atoms with Crippen LogP contribution in [0.15, 0.2) is 42.6 Å². The van der Waals surface area contributed by atoms with Gasteiger partial charge in [-0.25, -0.2) is 18.4 Å². The van der Waals surface area contributed by atoms with Crippen molar-refractivity contribution in [2.45, 2.75) is 11.9 Å². The number of aromatic nitrogens is 5. The quantitative estimate of drug-likeness (QED) is 0.265. The van der Waals surface area contributed by atoms with Crippen molar-refractivity contribution in [1.82, 2.24) is 24.7 Å². The summed E-state index contributed by atoms with van der Waals surface area (Å²) >= 11 is 7.14. The van der Waals surface area contributed by atoms with E-state index < -0.39 is 21.7 Å². The van der Waals surface area contributed by atoms with Crippen molar-refractivity contribution < 1.29 is 27.4 Å². The molecule has 1 aromatic carbocycles. The van der Waals surface area contributed by atoms with Gasteiger partial charge in [-0.05, 0) is 18.2 Å². The molecule has 0 amide bonds. The Morgan fingerprint density at radius 2 is 1.70 bits per heavy atom. The van der Waals surface area contributed by atoms with Crippen LogP contribution >= 0.6 is 22.9 Å². The van der Waals surface area contributed by atoms with Crippen LogP contribution in [0.4, 0.5) is 0 Å². The van der Waals surface area contributed by atoms with Crippen LogP contribution in [0.5, 0.6) is 17.4 Å². The summed E-state index contributed by atoms with van der Waals surface area (Å²) in [5, 5.41) is 8.99. The van der Waals surface area contributed by atoms with Gasteiger partial charge < -0.3 is 18.9 Å². The summed E-state index contributed by atoms with van der Waals surface area (Å²) < 4.78 is 50.6. The van der Waals surface area contributed by atoms with Crippen LogP contribution < -0.4 is 14.2 Å². The second kappa shape index (κ2) is 11.4. The van der Waals surface area contributed by atoms with E-state index >= 15 is 0 Å². The van der Waals surface area contributed by atoms with Crippen molar-refractivity contribution in [3.05, 3.63) is 57.8 Å². The minimum atomic E-state index is -3.79. The number of benzene rings is 1. The van der Waals surface area contributed by atoms with Crippen molar-refractivity contribution in [2.24, 2.45) is 0 Å². The lowest BCUT2D eigenvalue weighted by molar-refractivity contribution is 0.121. The molecular formula is C23H24ClN5O6S2. The van der Waals surface area contributed by atoms with E-state index in [0.29, 0.717) is 38.1 Å². The van der Waals surface area contributed by atoms with Gasteiger partial charge in [0.15, 0.2) is 21.5 Å². The molecule has 0 aliphatic heterocycles. The Bertz CT molecular complexity index is 1470. The van der Waals surface area contributed by atoms with Crippen LogP contribution in [-0.4, -0.2) is 67.3 Å². The maximum atomic E-state index is 13.4. The first-order valence-corrected chi connectivity index (χ1v) is 13.8. The molecule has 0 unspecified atom stereocenters. The number of pyridine rings is 1. The highest BCUT2D eigenvalue weighted by atomic mass is 35.5. The first kappa shape index (κ1) is 26.8. The van der Waals surface area contributed by atoms with Crippen LogP contribution in [0.3, 0.4) is 0 Å². The molecule has 3 heterocycles. The Labute approximate surface area is 222 Å². The summed E-state index contributed by atoms with van der Waals surface area (Å²) in [5.74, 6) is 0.832. The smallest absolute Gasteiger partial charge is 0.213 e. The molecule has 196 valence electrons. The number of rotatable bonds is 11. The molecule has 4 aromatic rings. The molecule has 0 fully saturated rings. The normalized spacial score (nSPS) is 12.4. The molecule has 14 heteroatoms. The predicted octanol–water partition coefficient (Wildman–Crippen LogP) is 3.77. The minimum absolute atomic E-state index is 0.134. The average Bonchev–Trinajstić information content (AvgIpc) is 3.52. The SMILES string of the molecule is COc1cccc(-c2nnc(CS(=O)(=O)C[C@H](OC)c3ncc(Cl)s3)n2-c2c(OC)cccc2OC)n1. The third-order valence-electron chi connectivity index (χ3n) is 5.33. The fraction of sp³-hybridized carbons (Fsp3) is 0.304. The van der Waals surface area contributed by atoms with Gasteiger partial charge in [-0.3, -0.25) is 4.57 Å². The number of ether oxygens (including phenoxy) is 4. The van der Waals surface area contributed by atoms with Gasteiger partial charge in [-0.15, -0.1) is 21.5 Å². The Kier molecular flexibility index (Phi) is 8.27. The molecule has 3 aromatic heterocycles. The van der Waals surface area contributed by atoms with Gasteiger partial charge in [-0.2, -0.15) is 0 Å². The summed E-state index contributed by atoms with van der Waals surface area (Å²) in [6.07, 6.45) is 0.664. The molecule has 4 rings (SSSR count). The number of hydrogen-bond acceptors (Lipinski definition) is 11. The zero-order chi connectivity index (χ0) is 26.6. The molecule has 0 aliphatic rings. The van der Waals surface area contributed by atoms with Gasteiger partial charge in [-0.1, -0.05) is 23.7 Å². The van der Waals surface area contributed by atoms with Crippen molar-refractivity contribution in [2.75, 3.05) is 34.2 Å². The number of halogens is 1. The molecule has 11 nitrogen and oxygen atoms in total. The monoisotopic (exact) mass is 565 g/mol. The molecule has 0 N–H and O–H groups in total. The fourth-order valence-electron chi connectivity index (χ4n) is 3.66. The van der Waals surface area contributed by atoms with Gasteiger partial charge in [0.05, 0.1) is 33.3 Å². The number of para-hydroxylation sites is 1. The van der Waals surface area contributed by atoms with Crippen molar-refractivity contribution in [1.29, 1.82) is 0 Å². The minimum Gasteiger partial charge on any atom is -0.494 e. The third-order valence-corrected chi connectivity index (χ3v) is 8.04. The number of hydrogen-bond donors (Lipinski definition) is 0. The lowest BCUT2D eigenvalue weighted by Gasteiger charge is -2.18. The molecule has 0 saturated carbocycles. The lowest BCUT2D eigenvalue weighted by Crippen LogP contribution is -2.20. The highest BCUT2D eigenvalue weighted by Gasteiger charge is 2.29. The van der Waals surface area contributed by atoms with Crippen LogP contribution in [0.1, 0.15) is 16.9 Å². The van der Waals surface area contributed by atoms with E-state index in [1.54, 1.807) is 41.0 Å². The number of sulfone groups is 1. The summed E-state index contributed by atoms with van der Waals surface area (Å²) in [6.45, 7) is 0. The molecular weight excluding hydrogens is 542 g/mol. The van der Waals surface area contributed by atoms with Crippen LogP contribution in [-0.2, 0) is 20.3 Å². The summed E-state index contributed by atoms with van der Waals surface area (Å²) in [6, 6.07) is 10.4. The van der Waals surface area contributed by atoms with Gasteiger partial charge in [0.25, 0.3) is 0 Å². The number of methoxy groups -OCH3 is 4. The van der Waals surface area contributed by atoms with Crippen molar-refractivity contribution in [3.63, 3.8) is 0 Å². The molecule has 0 spiro atoms. The van der Waals surface area contributed by atoms with E-state index in [1.807, 2.05) is 0 Å². The largest absolute Gasteiger partial charge is 0.494 e. The second-order valence-electron chi connectivity index (χ2n) is 7.63. The predicted molar refractivity (Wildman–Crippen MR) is 139 cm³/mol. The van der Waals surface area contributed by atoms with Crippen LogP contribution in [0.2, 0.25) is 4.34 Å². The van der Waals surface area contributed by atoms with Gasteiger partial charge >= 0.3 is 0 Å². The van der Waals surface area contributed by atoms with E-state index in [2.05, 4.69) is 20.2 Å². The molecule has 0 radical (unpaired) electrons. The molecule has 37 heavy (non-hydrogen) atoms. The second-order valence-corrected chi connectivity index (χ2v) is 11.4. The summed E-state index contributed by atoms with van der Waals surface area (Å²) in [7, 11) is 2.14. The Hall–Kier alpha value is -3.26. The van der Waals surface area contributed by atoms with E-state index in [9.17, 15) is 8.42 Å². The fourth-order valence-corrected chi connectivity index (χ4v) is 6.22. The molecule has 0 bridgehead atoms. The molecule has 0 saturated heterocycles. The van der Waals surface area contributed by atoms with Gasteiger partial charge in [0, 0.05) is 13.2 Å². The number of thiazole rings is 1. The first-order chi connectivity index (χ1) is 17.8. The highest BCUT2D eigenvalue weighted by Crippen LogP contribution is 2.37. The maximum Gasteiger partial charge on any atom is 0.213 e. The molecule has 1 atom stereocenters. The van der Waals surface area contributed by atoms with Crippen molar-refractivity contribution >= 4 is 32.8 Å². The Balaban J connectivity index is 1.83. The zero-order valence-electron chi connectivity index (χ0n) is 20.4. The first-order valence-electron chi connectivity index (χ1n) is 10.8. The van der Waals surface area contributed by atoms with E-state index in [0.717, 1.165) is 11.3 Å². The van der Waals surface area contributed by atoms with Crippen LogP contribution in [0, 0.1) is 0 Å². The molecule has 0 aliphatic carbocycles. The summed E-state index contributed by atoms with van der Waals surface area (Å²) in [4.78, 5) is 8.62. The van der Waals surface area contributed by atoms with Crippen molar-refractivity contribution in [3.8, 4) is 34.6 Å². The zero-order valence-corrected chi connectivity index (χ0v) is 22.8. The Morgan fingerprint density at radius 1 is 1.00 bits per heavy atom.